The molecule has 3 unspecified atom stereocenters. The van der Waals surface area contributed by atoms with Crippen molar-refractivity contribution in [2.45, 2.75) is 38.3 Å². The molecule has 0 amide bonds. The number of aliphatic hydroxyl groups excluding tert-OH is 1. The summed E-state index contributed by atoms with van der Waals surface area (Å²) >= 11 is 0. The first kappa shape index (κ1) is 14.2. The number of aromatic hydroxyl groups is 1. The molecule has 19 heavy (non-hydrogen) atoms. The van der Waals surface area contributed by atoms with E-state index >= 15 is 0 Å². The van der Waals surface area contributed by atoms with Gasteiger partial charge in [-0.2, -0.15) is 0 Å². The number of aliphatic hydroxyl groups is 1. The molecule has 3 N–H and O–H groups in total. The van der Waals surface area contributed by atoms with Crippen LogP contribution in [0.4, 0.5) is 0 Å². The van der Waals surface area contributed by atoms with Crippen LogP contribution in [0.1, 0.15) is 37.8 Å². The van der Waals surface area contributed by atoms with Crippen molar-refractivity contribution in [2.24, 2.45) is 5.92 Å². The van der Waals surface area contributed by atoms with Crippen LogP contribution in [0.3, 0.4) is 0 Å². The molecule has 1 fully saturated rings. The van der Waals surface area contributed by atoms with Gasteiger partial charge in [0.15, 0.2) is 0 Å². The summed E-state index contributed by atoms with van der Waals surface area (Å²) in [6.45, 7) is 2.79. The molecule has 1 aliphatic carbocycles. The third-order valence-corrected chi connectivity index (χ3v) is 4.01. The number of phenols is 1. The molecule has 0 bridgehead atoms. The van der Waals surface area contributed by atoms with Crippen LogP contribution in [0.5, 0.6) is 11.5 Å². The van der Waals surface area contributed by atoms with Crippen molar-refractivity contribution in [1.29, 1.82) is 0 Å². The molecule has 1 aliphatic rings. The first-order valence-electron chi connectivity index (χ1n) is 6.90. The van der Waals surface area contributed by atoms with E-state index in [2.05, 4.69) is 5.32 Å². The molecule has 0 saturated heterocycles. The summed E-state index contributed by atoms with van der Waals surface area (Å²) in [5, 5.41) is 23.1. The van der Waals surface area contributed by atoms with E-state index in [4.69, 9.17) is 4.74 Å². The van der Waals surface area contributed by atoms with E-state index in [0.29, 0.717) is 5.92 Å². The van der Waals surface area contributed by atoms with Gasteiger partial charge in [-0.15, -0.1) is 0 Å². The number of phenolic OH excluding ortho intramolecular Hbond substituents is 1. The Morgan fingerprint density at radius 3 is 2.84 bits per heavy atom. The summed E-state index contributed by atoms with van der Waals surface area (Å²) in [7, 11) is 1.61. The topological polar surface area (TPSA) is 61.7 Å². The summed E-state index contributed by atoms with van der Waals surface area (Å²) in [6, 6.07) is 5.27. The first-order valence-corrected chi connectivity index (χ1v) is 6.90. The smallest absolute Gasteiger partial charge is 0.120 e. The second kappa shape index (κ2) is 6.26. The Kier molecular flexibility index (Phi) is 4.66. The Bertz CT molecular complexity index is 422. The van der Waals surface area contributed by atoms with Gasteiger partial charge in [0.2, 0.25) is 0 Å². The predicted octanol–water partition coefficient (Wildman–Crippen LogP) is 2.21. The second-order valence-corrected chi connectivity index (χ2v) is 5.31. The van der Waals surface area contributed by atoms with Gasteiger partial charge in [-0.05, 0) is 43.9 Å². The summed E-state index contributed by atoms with van der Waals surface area (Å²) in [5.41, 5.74) is 0.826. The van der Waals surface area contributed by atoms with Crippen LogP contribution in [-0.2, 0) is 0 Å². The summed E-state index contributed by atoms with van der Waals surface area (Å²) in [6.07, 6.45) is 2.90. The Balaban J connectivity index is 1.97. The number of hydrogen-bond acceptors (Lipinski definition) is 4. The Morgan fingerprint density at radius 2 is 2.21 bits per heavy atom. The number of rotatable bonds is 5. The van der Waals surface area contributed by atoms with E-state index in [-0.39, 0.29) is 17.9 Å². The van der Waals surface area contributed by atoms with E-state index in [9.17, 15) is 10.2 Å². The molecular weight excluding hydrogens is 242 g/mol. The molecule has 0 aliphatic heterocycles. The highest BCUT2D eigenvalue weighted by molar-refractivity contribution is 5.41. The Hall–Kier alpha value is -1.26. The highest BCUT2D eigenvalue weighted by Gasteiger charge is 2.25. The van der Waals surface area contributed by atoms with Crippen molar-refractivity contribution < 1.29 is 14.9 Å². The number of nitrogens with one attached hydrogen (secondary N) is 1. The molecule has 0 heterocycles. The fourth-order valence-corrected chi connectivity index (χ4v) is 2.70. The van der Waals surface area contributed by atoms with Gasteiger partial charge < -0.3 is 20.3 Å². The predicted molar refractivity (Wildman–Crippen MR) is 74.4 cm³/mol. The average Bonchev–Trinajstić information content (AvgIpc) is 2.82. The average molecular weight is 265 g/mol. The van der Waals surface area contributed by atoms with Crippen LogP contribution in [-0.4, -0.2) is 30.0 Å². The van der Waals surface area contributed by atoms with Gasteiger partial charge >= 0.3 is 0 Å². The summed E-state index contributed by atoms with van der Waals surface area (Å²) < 4.78 is 5.18. The van der Waals surface area contributed by atoms with Crippen LogP contribution in [0.25, 0.3) is 0 Å². The van der Waals surface area contributed by atoms with Crippen molar-refractivity contribution in [1.82, 2.24) is 5.32 Å². The maximum absolute atomic E-state index is 9.90. The number of hydrogen-bond donors (Lipinski definition) is 3. The van der Waals surface area contributed by atoms with Crippen LogP contribution < -0.4 is 10.1 Å². The molecule has 1 aromatic rings. The van der Waals surface area contributed by atoms with E-state index in [1.807, 2.05) is 13.0 Å². The molecule has 0 spiro atoms. The van der Waals surface area contributed by atoms with Gasteiger partial charge in [0.1, 0.15) is 11.5 Å². The largest absolute Gasteiger partial charge is 0.508 e. The van der Waals surface area contributed by atoms with Crippen LogP contribution in [0.15, 0.2) is 18.2 Å². The lowest BCUT2D eigenvalue weighted by atomic mass is 10.0. The van der Waals surface area contributed by atoms with Crippen LogP contribution >= 0.6 is 0 Å². The van der Waals surface area contributed by atoms with Crippen molar-refractivity contribution in [3.63, 3.8) is 0 Å². The molecule has 106 valence electrons. The third kappa shape index (κ3) is 3.39. The maximum Gasteiger partial charge on any atom is 0.120 e. The summed E-state index contributed by atoms with van der Waals surface area (Å²) in [5.74, 6) is 1.34. The van der Waals surface area contributed by atoms with E-state index in [1.54, 1.807) is 19.2 Å². The number of ether oxygens (including phenoxy) is 1. The second-order valence-electron chi connectivity index (χ2n) is 5.31. The highest BCUT2D eigenvalue weighted by atomic mass is 16.5. The molecule has 0 aromatic heterocycles. The fraction of sp³-hybridized carbons (Fsp3) is 0.600. The lowest BCUT2D eigenvalue weighted by molar-refractivity contribution is 0.130. The maximum atomic E-state index is 9.90. The standard InChI is InChI=1S/C15H23NO3/c1-10(16-9-11-4-3-5-14(11)17)13-8-12(19-2)6-7-15(13)18/h6-8,10-11,14,16-18H,3-5,9H2,1-2H3. The molecular formula is C15H23NO3. The number of benzene rings is 1. The highest BCUT2D eigenvalue weighted by Crippen LogP contribution is 2.29. The quantitative estimate of drug-likeness (QED) is 0.764. The van der Waals surface area contributed by atoms with Gasteiger partial charge in [-0.25, -0.2) is 0 Å². The Labute approximate surface area is 114 Å². The minimum Gasteiger partial charge on any atom is -0.508 e. The molecule has 4 nitrogen and oxygen atoms in total. The molecule has 3 atom stereocenters. The SMILES string of the molecule is COc1ccc(O)c(C(C)NCC2CCCC2O)c1. The lowest BCUT2D eigenvalue weighted by Gasteiger charge is -2.20. The van der Waals surface area contributed by atoms with Crippen LogP contribution in [0, 0.1) is 5.92 Å². The number of methoxy groups -OCH3 is 1. The fourth-order valence-electron chi connectivity index (χ4n) is 2.70. The zero-order valence-electron chi connectivity index (χ0n) is 11.6. The van der Waals surface area contributed by atoms with E-state index in [0.717, 1.165) is 37.1 Å². The van der Waals surface area contributed by atoms with Crippen molar-refractivity contribution in [2.75, 3.05) is 13.7 Å². The van der Waals surface area contributed by atoms with Crippen LogP contribution in [0.2, 0.25) is 0 Å². The van der Waals surface area contributed by atoms with E-state index < -0.39 is 0 Å². The van der Waals surface area contributed by atoms with Gasteiger partial charge in [0.25, 0.3) is 0 Å². The van der Waals surface area contributed by atoms with Crippen molar-refractivity contribution in [3.8, 4) is 11.5 Å². The summed E-state index contributed by atoms with van der Waals surface area (Å²) in [4.78, 5) is 0. The minimum absolute atomic E-state index is 0.0305. The normalized spacial score (nSPS) is 24.4. The molecule has 0 radical (unpaired) electrons. The monoisotopic (exact) mass is 265 g/mol. The van der Waals surface area contributed by atoms with Gasteiger partial charge in [0, 0.05) is 18.2 Å². The molecule has 4 heteroatoms. The zero-order chi connectivity index (χ0) is 13.8. The zero-order valence-corrected chi connectivity index (χ0v) is 11.6. The Morgan fingerprint density at radius 1 is 1.42 bits per heavy atom. The van der Waals surface area contributed by atoms with Gasteiger partial charge in [0.05, 0.1) is 13.2 Å². The van der Waals surface area contributed by atoms with Crippen molar-refractivity contribution in [3.05, 3.63) is 23.8 Å². The third-order valence-electron chi connectivity index (χ3n) is 4.01. The van der Waals surface area contributed by atoms with Crippen molar-refractivity contribution >= 4 is 0 Å². The molecule has 1 aromatic carbocycles. The lowest BCUT2D eigenvalue weighted by Crippen LogP contribution is -2.29. The van der Waals surface area contributed by atoms with E-state index in [1.165, 1.54) is 0 Å². The molecule has 1 saturated carbocycles. The minimum atomic E-state index is -0.182. The molecule has 2 rings (SSSR count). The van der Waals surface area contributed by atoms with Gasteiger partial charge in [-0.3, -0.25) is 0 Å². The van der Waals surface area contributed by atoms with Gasteiger partial charge in [-0.1, -0.05) is 6.42 Å². The first-order chi connectivity index (χ1) is 9.11.